The van der Waals surface area contributed by atoms with Gasteiger partial charge in [0.1, 0.15) is 0 Å². The zero-order valence-electron chi connectivity index (χ0n) is 7.44. The van der Waals surface area contributed by atoms with Crippen LogP contribution in [0.3, 0.4) is 0 Å². The monoisotopic (exact) mass is 175 g/mol. The van der Waals surface area contributed by atoms with E-state index in [1.54, 1.807) is 6.20 Å². The van der Waals surface area contributed by atoms with Gasteiger partial charge in [0.05, 0.1) is 0 Å². The van der Waals surface area contributed by atoms with Crippen LogP contribution in [-0.4, -0.2) is 25.6 Å². The second-order valence-electron chi connectivity index (χ2n) is 2.88. The number of tetrazole rings is 1. The summed E-state index contributed by atoms with van der Waals surface area (Å²) in [5.74, 6) is 0.588. The molecule has 0 aromatic carbocycles. The first kappa shape index (κ1) is 7.85. The molecule has 13 heavy (non-hydrogen) atoms. The summed E-state index contributed by atoms with van der Waals surface area (Å²) >= 11 is 0. The third-order valence-electron chi connectivity index (χ3n) is 1.83. The fourth-order valence-corrected chi connectivity index (χ4v) is 1.21. The van der Waals surface area contributed by atoms with Gasteiger partial charge in [-0.05, 0) is 30.7 Å². The SMILES string of the molecule is Cc1cc(C)c(-c2nn[nH]n2)cn1. The number of aryl methyl sites for hydroxylation is 2. The second-order valence-corrected chi connectivity index (χ2v) is 2.88. The van der Waals surface area contributed by atoms with E-state index in [2.05, 4.69) is 25.6 Å². The lowest BCUT2D eigenvalue weighted by molar-refractivity contribution is 0.881. The maximum absolute atomic E-state index is 4.17. The summed E-state index contributed by atoms with van der Waals surface area (Å²) in [7, 11) is 0. The molecule has 1 N–H and O–H groups in total. The molecule has 0 amide bonds. The summed E-state index contributed by atoms with van der Waals surface area (Å²) in [5, 5.41) is 13.7. The van der Waals surface area contributed by atoms with Gasteiger partial charge in [0, 0.05) is 17.5 Å². The Morgan fingerprint density at radius 3 is 2.77 bits per heavy atom. The summed E-state index contributed by atoms with van der Waals surface area (Å²) in [4.78, 5) is 4.17. The first-order valence-electron chi connectivity index (χ1n) is 3.94. The van der Waals surface area contributed by atoms with Crippen molar-refractivity contribution in [2.75, 3.05) is 0 Å². The molecule has 0 unspecified atom stereocenters. The molecule has 2 aromatic heterocycles. The number of pyridine rings is 1. The van der Waals surface area contributed by atoms with Crippen molar-refractivity contribution >= 4 is 0 Å². The van der Waals surface area contributed by atoms with Gasteiger partial charge in [-0.2, -0.15) is 5.21 Å². The molecule has 5 nitrogen and oxygen atoms in total. The van der Waals surface area contributed by atoms with E-state index in [1.165, 1.54) is 0 Å². The van der Waals surface area contributed by atoms with Crippen LogP contribution in [0.2, 0.25) is 0 Å². The zero-order valence-corrected chi connectivity index (χ0v) is 7.44. The summed E-state index contributed by atoms with van der Waals surface area (Å²) < 4.78 is 0. The number of hydrogen-bond acceptors (Lipinski definition) is 4. The highest BCUT2D eigenvalue weighted by Crippen LogP contribution is 2.17. The van der Waals surface area contributed by atoms with Gasteiger partial charge < -0.3 is 0 Å². The van der Waals surface area contributed by atoms with Crippen LogP contribution in [-0.2, 0) is 0 Å². The predicted octanol–water partition coefficient (Wildman–Crippen LogP) is 0.879. The van der Waals surface area contributed by atoms with Crippen molar-refractivity contribution in [1.29, 1.82) is 0 Å². The molecule has 0 bridgehead atoms. The van der Waals surface area contributed by atoms with Crippen molar-refractivity contribution in [2.45, 2.75) is 13.8 Å². The van der Waals surface area contributed by atoms with Gasteiger partial charge in [-0.15, -0.1) is 10.2 Å². The molecule has 0 spiro atoms. The third kappa shape index (κ3) is 1.40. The van der Waals surface area contributed by atoms with Gasteiger partial charge in [-0.1, -0.05) is 0 Å². The standard InChI is InChI=1S/C8H9N5/c1-5-3-6(2)9-4-7(5)8-10-12-13-11-8/h3-4H,1-2H3,(H,10,11,12,13). The van der Waals surface area contributed by atoms with E-state index in [0.717, 1.165) is 16.8 Å². The van der Waals surface area contributed by atoms with E-state index in [9.17, 15) is 0 Å². The van der Waals surface area contributed by atoms with Crippen molar-refractivity contribution in [2.24, 2.45) is 0 Å². The molecule has 0 aliphatic carbocycles. The van der Waals surface area contributed by atoms with Crippen molar-refractivity contribution in [3.05, 3.63) is 23.5 Å². The predicted molar refractivity (Wildman–Crippen MR) is 46.9 cm³/mol. The number of nitrogens with zero attached hydrogens (tertiary/aromatic N) is 4. The largest absolute Gasteiger partial charge is 0.261 e. The highest BCUT2D eigenvalue weighted by Gasteiger charge is 2.06. The van der Waals surface area contributed by atoms with Gasteiger partial charge in [0.25, 0.3) is 0 Å². The second kappa shape index (κ2) is 2.93. The summed E-state index contributed by atoms with van der Waals surface area (Å²) in [6.07, 6.45) is 1.76. The van der Waals surface area contributed by atoms with E-state index in [1.807, 2.05) is 19.9 Å². The van der Waals surface area contributed by atoms with Gasteiger partial charge in [0.2, 0.25) is 5.82 Å². The van der Waals surface area contributed by atoms with E-state index in [4.69, 9.17) is 0 Å². The van der Waals surface area contributed by atoms with E-state index in [-0.39, 0.29) is 0 Å². The maximum atomic E-state index is 4.17. The number of nitrogens with one attached hydrogen (secondary N) is 1. The fourth-order valence-electron chi connectivity index (χ4n) is 1.21. The van der Waals surface area contributed by atoms with Crippen molar-refractivity contribution in [3.63, 3.8) is 0 Å². The molecular weight excluding hydrogens is 166 g/mol. The number of rotatable bonds is 1. The van der Waals surface area contributed by atoms with Crippen LogP contribution in [0.15, 0.2) is 12.3 Å². The van der Waals surface area contributed by atoms with Gasteiger partial charge in [0.15, 0.2) is 0 Å². The topological polar surface area (TPSA) is 67.3 Å². The highest BCUT2D eigenvalue weighted by atomic mass is 15.5. The summed E-state index contributed by atoms with van der Waals surface area (Å²) in [6, 6.07) is 1.99. The van der Waals surface area contributed by atoms with Crippen LogP contribution in [0.1, 0.15) is 11.3 Å². The Hall–Kier alpha value is -1.78. The first-order chi connectivity index (χ1) is 6.27. The molecule has 2 aromatic rings. The molecular formula is C8H9N5. The van der Waals surface area contributed by atoms with Crippen LogP contribution in [0.4, 0.5) is 0 Å². The lowest BCUT2D eigenvalue weighted by atomic mass is 10.1. The first-order valence-corrected chi connectivity index (χ1v) is 3.94. The molecule has 66 valence electrons. The zero-order chi connectivity index (χ0) is 9.26. The minimum Gasteiger partial charge on any atom is -0.261 e. The molecule has 0 saturated carbocycles. The Labute approximate surface area is 75.2 Å². The Morgan fingerprint density at radius 2 is 2.15 bits per heavy atom. The van der Waals surface area contributed by atoms with Crippen molar-refractivity contribution < 1.29 is 0 Å². The fraction of sp³-hybridized carbons (Fsp3) is 0.250. The lowest BCUT2D eigenvalue weighted by Crippen LogP contribution is -1.89. The van der Waals surface area contributed by atoms with Crippen molar-refractivity contribution in [1.82, 2.24) is 25.6 Å². The summed E-state index contributed by atoms with van der Waals surface area (Å²) in [5.41, 5.74) is 3.01. The molecule has 0 aliphatic heterocycles. The number of hydrogen-bond donors (Lipinski definition) is 1. The molecule has 2 heterocycles. The molecule has 0 fully saturated rings. The molecule has 0 radical (unpaired) electrons. The number of aromatic amines is 1. The molecule has 0 atom stereocenters. The minimum absolute atomic E-state index is 0.588. The smallest absolute Gasteiger partial charge is 0.206 e. The summed E-state index contributed by atoms with van der Waals surface area (Å²) in [6.45, 7) is 3.95. The molecule has 0 saturated heterocycles. The molecule has 0 aliphatic rings. The van der Waals surface area contributed by atoms with E-state index in [0.29, 0.717) is 5.82 Å². The number of H-pyrrole nitrogens is 1. The maximum Gasteiger partial charge on any atom is 0.206 e. The van der Waals surface area contributed by atoms with Crippen LogP contribution < -0.4 is 0 Å². The highest BCUT2D eigenvalue weighted by molar-refractivity contribution is 5.57. The van der Waals surface area contributed by atoms with Gasteiger partial charge >= 0.3 is 0 Å². The lowest BCUT2D eigenvalue weighted by Gasteiger charge is -2.00. The Bertz CT molecular complexity index is 406. The van der Waals surface area contributed by atoms with Crippen LogP contribution in [0.25, 0.3) is 11.4 Å². The Balaban J connectivity index is 2.53. The Kier molecular flexibility index (Phi) is 1.77. The van der Waals surface area contributed by atoms with E-state index >= 15 is 0 Å². The van der Waals surface area contributed by atoms with Gasteiger partial charge in [-0.25, -0.2) is 0 Å². The molecule has 2 rings (SSSR count). The van der Waals surface area contributed by atoms with Crippen LogP contribution >= 0.6 is 0 Å². The number of aromatic nitrogens is 5. The normalized spacial score (nSPS) is 10.3. The quantitative estimate of drug-likeness (QED) is 0.698. The van der Waals surface area contributed by atoms with Crippen LogP contribution in [0, 0.1) is 13.8 Å². The van der Waals surface area contributed by atoms with Crippen LogP contribution in [0.5, 0.6) is 0 Å². The van der Waals surface area contributed by atoms with Gasteiger partial charge in [-0.3, -0.25) is 4.98 Å². The van der Waals surface area contributed by atoms with E-state index < -0.39 is 0 Å². The molecule has 5 heteroatoms. The minimum atomic E-state index is 0.588. The Morgan fingerprint density at radius 1 is 1.31 bits per heavy atom. The average Bonchev–Trinajstić information content (AvgIpc) is 2.56. The van der Waals surface area contributed by atoms with Crippen molar-refractivity contribution in [3.8, 4) is 11.4 Å². The average molecular weight is 175 g/mol. The third-order valence-corrected chi connectivity index (χ3v) is 1.83.